The molecule has 0 fully saturated rings. The number of fused-ring (bicyclic) bond motifs is 12. The lowest BCUT2D eigenvalue weighted by molar-refractivity contribution is 0.660. The Morgan fingerprint density at radius 2 is 0.864 bits per heavy atom. The van der Waals surface area contributed by atoms with E-state index in [-0.39, 0.29) is 5.41 Å². The number of hydrogen-bond acceptors (Lipinski definition) is 3. The van der Waals surface area contributed by atoms with E-state index in [1.807, 2.05) is 17.8 Å². The van der Waals surface area contributed by atoms with Gasteiger partial charge in [0.2, 0.25) is 0 Å². The Kier molecular flexibility index (Phi) is 7.46. The van der Waals surface area contributed by atoms with Crippen molar-refractivity contribution in [1.29, 1.82) is 0 Å². The van der Waals surface area contributed by atoms with Gasteiger partial charge >= 0.3 is 0 Å². The van der Waals surface area contributed by atoms with Crippen LogP contribution in [0.25, 0.3) is 67.3 Å². The third-order valence-corrected chi connectivity index (χ3v) is 14.1. The van der Waals surface area contributed by atoms with E-state index in [2.05, 4.69) is 202 Å². The van der Waals surface area contributed by atoms with Crippen molar-refractivity contribution in [2.24, 2.45) is 0 Å². The van der Waals surface area contributed by atoms with Crippen LogP contribution in [0.4, 0.5) is 0 Å². The van der Waals surface area contributed by atoms with Gasteiger partial charge in [0.1, 0.15) is 0 Å². The summed E-state index contributed by atoms with van der Waals surface area (Å²) in [6.45, 7) is 4.67. The molecule has 2 nitrogen and oxygen atoms in total. The van der Waals surface area contributed by atoms with Gasteiger partial charge < -0.3 is 0 Å². The van der Waals surface area contributed by atoms with Crippen molar-refractivity contribution in [2.75, 3.05) is 0 Å². The number of benzene rings is 8. The quantitative estimate of drug-likeness (QED) is 0.178. The van der Waals surface area contributed by atoms with Crippen LogP contribution in [-0.2, 0) is 10.8 Å². The third kappa shape index (κ3) is 4.95. The summed E-state index contributed by atoms with van der Waals surface area (Å²) >= 11 is 1.88. The molecule has 1 spiro atoms. The minimum Gasteiger partial charge on any atom is -0.228 e. The topological polar surface area (TPSA) is 25.8 Å². The van der Waals surface area contributed by atoms with Gasteiger partial charge in [0.25, 0.3) is 0 Å². The second kappa shape index (κ2) is 12.8. The van der Waals surface area contributed by atoms with Crippen molar-refractivity contribution in [2.45, 2.75) is 34.5 Å². The molecule has 1 aliphatic heterocycles. The van der Waals surface area contributed by atoms with Crippen LogP contribution in [0.5, 0.6) is 0 Å². The van der Waals surface area contributed by atoms with Crippen molar-refractivity contribution in [3.63, 3.8) is 0 Å². The normalized spacial score (nSPS) is 14.5. The highest BCUT2D eigenvalue weighted by atomic mass is 32.2. The fraction of sp³-hybridized carbons (Fsp3) is 0.0714. The van der Waals surface area contributed by atoms with Gasteiger partial charge in [-0.05, 0) is 91.0 Å². The Hall–Kier alpha value is -6.81. The van der Waals surface area contributed by atoms with Gasteiger partial charge in [0.05, 0.1) is 16.8 Å². The highest BCUT2D eigenvalue weighted by molar-refractivity contribution is 7.99. The van der Waals surface area contributed by atoms with Crippen LogP contribution in [0.15, 0.2) is 204 Å². The van der Waals surface area contributed by atoms with Gasteiger partial charge in [0.15, 0.2) is 5.82 Å². The maximum absolute atomic E-state index is 5.33. The van der Waals surface area contributed by atoms with E-state index in [0.29, 0.717) is 5.82 Å². The molecule has 12 rings (SSSR count). The van der Waals surface area contributed by atoms with Gasteiger partial charge in [-0.15, -0.1) is 0 Å². The minimum absolute atomic E-state index is 0.112. The number of aromatic nitrogens is 2. The van der Waals surface area contributed by atoms with E-state index in [1.165, 1.54) is 71.0 Å². The molecule has 3 aliphatic rings. The van der Waals surface area contributed by atoms with Crippen molar-refractivity contribution in [3.05, 3.63) is 228 Å². The molecule has 59 heavy (non-hydrogen) atoms. The monoisotopic (exact) mass is 770 g/mol. The van der Waals surface area contributed by atoms with Crippen LogP contribution in [0.3, 0.4) is 0 Å². The Labute approximate surface area is 349 Å². The van der Waals surface area contributed by atoms with Crippen LogP contribution in [0.1, 0.15) is 47.2 Å². The van der Waals surface area contributed by atoms with Gasteiger partial charge in [-0.3, -0.25) is 0 Å². The number of nitrogens with zero attached hydrogens (tertiary/aromatic N) is 2. The summed E-state index contributed by atoms with van der Waals surface area (Å²) in [5.74, 6) is 0.717. The molecule has 2 aliphatic carbocycles. The predicted octanol–water partition coefficient (Wildman–Crippen LogP) is 14.3. The molecule has 0 radical (unpaired) electrons. The molecular weight excluding hydrogens is 733 g/mol. The van der Waals surface area contributed by atoms with Crippen LogP contribution >= 0.6 is 11.8 Å². The summed E-state index contributed by atoms with van der Waals surface area (Å²) in [5, 5.41) is 0. The smallest absolute Gasteiger partial charge is 0.160 e. The van der Waals surface area contributed by atoms with Gasteiger partial charge in [-0.1, -0.05) is 195 Å². The maximum Gasteiger partial charge on any atom is 0.160 e. The molecular formula is C56H38N2S. The van der Waals surface area contributed by atoms with Gasteiger partial charge in [-0.2, -0.15) is 0 Å². The summed E-state index contributed by atoms with van der Waals surface area (Å²) in [6, 6.07) is 71.1. The molecule has 0 bridgehead atoms. The van der Waals surface area contributed by atoms with Crippen LogP contribution in [0, 0.1) is 0 Å². The summed E-state index contributed by atoms with van der Waals surface area (Å²) in [6.07, 6.45) is 0. The Balaban J connectivity index is 1.03. The number of hydrogen-bond donors (Lipinski definition) is 0. The second-order valence-corrected chi connectivity index (χ2v) is 17.5. The van der Waals surface area contributed by atoms with Crippen LogP contribution in [0.2, 0.25) is 0 Å². The zero-order chi connectivity index (χ0) is 39.3. The Bertz CT molecular complexity index is 3130. The van der Waals surface area contributed by atoms with E-state index in [1.54, 1.807) is 0 Å². The molecule has 278 valence electrons. The highest BCUT2D eigenvalue weighted by Crippen LogP contribution is 2.62. The lowest BCUT2D eigenvalue weighted by atomic mass is 9.67. The first-order valence-corrected chi connectivity index (χ1v) is 21.2. The molecule has 0 atom stereocenters. The second-order valence-electron chi connectivity index (χ2n) is 16.5. The SMILES string of the molecule is CC1(C)c2ccccc2-c2ccc(-c3cc(-c4ccccc4-c4ccc5c(c4)Sc4ccccc4C54c5ccccc5-c5ccccc54)nc(-c4ccccc4)n3)cc21. The maximum atomic E-state index is 5.33. The molecule has 0 saturated heterocycles. The Morgan fingerprint density at radius 1 is 0.339 bits per heavy atom. The molecule has 2 heterocycles. The van der Waals surface area contributed by atoms with Gasteiger partial charge in [-0.25, -0.2) is 9.97 Å². The first-order chi connectivity index (χ1) is 29.0. The largest absolute Gasteiger partial charge is 0.228 e. The zero-order valence-corrected chi connectivity index (χ0v) is 33.6. The molecule has 3 heteroatoms. The van der Waals surface area contributed by atoms with Crippen molar-refractivity contribution in [1.82, 2.24) is 9.97 Å². The van der Waals surface area contributed by atoms with E-state index in [0.717, 1.165) is 33.6 Å². The summed E-state index contributed by atoms with van der Waals surface area (Å²) < 4.78 is 0. The van der Waals surface area contributed by atoms with Crippen LogP contribution in [-0.4, -0.2) is 9.97 Å². The molecule has 8 aromatic carbocycles. The molecule has 9 aromatic rings. The fourth-order valence-electron chi connectivity index (χ4n) is 10.3. The highest BCUT2D eigenvalue weighted by Gasteiger charge is 2.50. The molecule has 0 unspecified atom stereocenters. The molecule has 0 N–H and O–H groups in total. The number of rotatable bonds is 4. The summed E-state index contributed by atoms with van der Waals surface area (Å²) in [4.78, 5) is 13.2. The van der Waals surface area contributed by atoms with E-state index >= 15 is 0 Å². The van der Waals surface area contributed by atoms with E-state index in [9.17, 15) is 0 Å². The predicted molar refractivity (Wildman–Crippen MR) is 243 cm³/mol. The van der Waals surface area contributed by atoms with Crippen LogP contribution < -0.4 is 0 Å². The average molecular weight is 771 g/mol. The molecule has 0 saturated carbocycles. The lowest BCUT2D eigenvalue weighted by Crippen LogP contribution is -2.31. The third-order valence-electron chi connectivity index (χ3n) is 13.0. The zero-order valence-electron chi connectivity index (χ0n) is 32.8. The standard InChI is InChI=1S/C56H38N2S/c1-55(2)44-23-11-8-19-39(44)42-30-28-37(32-49(42)55)50-34-51(58-54(57-50)35-16-4-3-5-17-35)43-22-7-6-18-38(43)36-29-31-48-53(33-36)59-52-27-15-14-26-47(52)56(48)45-24-12-9-20-40(45)41-21-10-13-25-46(41)56/h3-34H,1-2H3. The van der Waals surface area contributed by atoms with Crippen molar-refractivity contribution in [3.8, 4) is 67.3 Å². The Morgan fingerprint density at radius 3 is 1.59 bits per heavy atom. The summed E-state index contributed by atoms with van der Waals surface area (Å²) in [7, 11) is 0. The van der Waals surface area contributed by atoms with Crippen molar-refractivity contribution >= 4 is 11.8 Å². The minimum atomic E-state index is -0.402. The first-order valence-electron chi connectivity index (χ1n) is 20.4. The summed E-state index contributed by atoms with van der Waals surface area (Å²) in [5.41, 5.74) is 20.1. The molecule has 1 aromatic heterocycles. The fourth-order valence-corrected chi connectivity index (χ4v) is 11.5. The van der Waals surface area contributed by atoms with Gasteiger partial charge in [0, 0.05) is 31.9 Å². The lowest BCUT2D eigenvalue weighted by Gasteiger charge is -2.39. The average Bonchev–Trinajstić information content (AvgIpc) is 3.72. The van der Waals surface area contributed by atoms with E-state index in [4.69, 9.17) is 9.97 Å². The van der Waals surface area contributed by atoms with E-state index < -0.39 is 5.41 Å². The van der Waals surface area contributed by atoms with Crippen molar-refractivity contribution < 1.29 is 0 Å². The first kappa shape index (κ1) is 34.3. The molecule has 0 amide bonds.